The van der Waals surface area contributed by atoms with Crippen LogP contribution in [-0.4, -0.2) is 42.8 Å². The minimum atomic E-state index is 0.638. The second-order valence-corrected chi connectivity index (χ2v) is 3.84. The summed E-state index contributed by atoms with van der Waals surface area (Å²) in [5.74, 6) is 1.75. The van der Waals surface area contributed by atoms with E-state index in [0.717, 1.165) is 29.1 Å². The molecule has 5 heteroatoms. The number of anilines is 1. The van der Waals surface area contributed by atoms with Gasteiger partial charge in [0, 0.05) is 33.8 Å². The minimum Gasteiger partial charge on any atom is -0.384 e. The van der Waals surface area contributed by atoms with Crippen LogP contribution in [0.2, 0.25) is 0 Å². The van der Waals surface area contributed by atoms with Crippen LogP contribution in [0.1, 0.15) is 5.82 Å². The molecule has 0 fully saturated rings. The summed E-state index contributed by atoms with van der Waals surface area (Å²) in [5, 5.41) is 1.05. The standard InChI is InChI=1S/C11H16N4O/c1-15(2)11-8-4-6-12-10(8)13-9(14-11)5-7-16-3/h4,6H,5,7H2,1-3H3,(H,12,13,14). The summed E-state index contributed by atoms with van der Waals surface area (Å²) in [6.45, 7) is 0.638. The fraction of sp³-hybridized carbons (Fsp3) is 0.455. The van der Waals surface area contributed by atoms with Crippen molar-refractivity contribution in [2.45, 2.75) is 6.42 Å². The maximum atomic E-state index is 5.04. The van der Waals surface area contributed by atoms with Crippen molar-refractivity contribution in [2.75, 3.05) is 32.7 Å². The SMILES string of the molecule is COCCc1nc(N(C)C)c2cc[nH]c2n1. The van der Waals surface area contributed by atoms with E-state index in [9.17, 15) is 0 Å². The summed E-state index contributed by atoms with van der Waals surface area (Å²) in [7, 11) is 5.64. The monoisotopic (exact) mass is 220 g/mol. The van der Waals surface area contributed by atoms with Gasteiger partial charge in [0.2, 0.25) is 0 Å². The van der Waals surface area contributed by atoms with Gasteiger partial charge in [0.1, 0.15) is 17.3 Å². The first kappa shape index (κ1) is 10.9. The molecule has 0 radical (unpaired) electrons. The molecule has 5 nitrogen and oxygen atoms in total. The molecule has 0 spiro atoms. The van der Waals surface area contributed by atoms with Gasteiger partial charge in [-0.15, -0.1) is 0 Å². The molecule has 16 heavy (non-hydrogen) atoms. The second-order valence-electron chi connectivity index (χ2n) is 3.84. The number of hydrogen-bond acceptors (Lipinski definition) is 4. The Bertz CT molecular complexity index is 478. The molecule has 2 aromatic heterocycles. The van der Waals surface area contributed by atoms with E-state index in [1.807, 2.05) is 31.3 Å². The van der Waals surface area contributed by atoms with Crippen LogP contribution in [0.4, 0.5) is 5.82 Å². The van der Waals surface area contributed by atoms with Gasteiger partial charge in [0.25, 0.3) is 0 Å². The number of aromatic amines is 1. The zero-order chi connectivity index (χ0) is 11.5. The number of ether oxygens (including phenoxy) is 1. The molecule has 0 aliphatic rings. The summed E-state index contributed by atoms with van der Waals surface area (Å²) in [6.07, 6.45) is 2.61. The highest BCUT2D eigenvalue weighted by Crippen LogP contribution is 2.21. The number of fused-ring (bicyclic) bond motifs is 1. The van der Waals surface area contributed by atoms with Gasteiger partial charge in [-0.25, -0.2) is 9.97 Å². The van der Waals surface area contributed by atoms with Crippen LogP contribution < -0.4 is 4.90 Å². The van der Waals surface area contributed by atoms with Crippen molar-refractivity contribution in [2.24, 2.45) is 0 Å². The lowest BCUT2D eigenvalue weighted by molar-refractivity contribution is 0.200. The van der Waals surface area contributed by atoms with Crippen molar-refractivity contribution in [1.82, 2.24) is 15.0 Å². The van der Waals surface area contributed by atoms with Crippen molar-refractivity contribution in [3.8, 4) is 0 Å². The molecule has 0 amide bonds. The van der Waals surface area contributed by atoms with E-state index in [1.54, 1.807) is 7.11 Å². The molecule has 2 aromatic rings. The zero-order valence-electron chi connectivity index (χ0n) is 9.82. The molecule has 2 heterocycles. The molecule has 0 atom stereocenters. The number of methoxy groups -OCH3 is 1. The Morgan fingerprint density at radius 2 is 2.19 bits per heavy atom. The van der Waals surface area contributed by atoms with Gasteiger partial charge in [0.15, 0.2) is 0 Å². The number of rotatable bonds is 4. The van der Waals surface area contributed by atoms with Crippen LogP contribution in [0.5, 0.6) is 0 Å². The molecular formula is C11H16N4O. The molecule has 1 N–H and O–H groups in total. The molecule has 0 saturated carbocycles. The van der Waals surface area contributed by atoms with Gasteiger partial charge in [-0.1, -0.05) is 0 Å². The number of hydrogen-bond donors (Lipinski definition) is 1. The normalized spacial score (nSPS) is 10.9. The summed E-state index contributed by atoms with van der Waals surface area (Å²) < 4.78 is 5.04. The predicted octanol–water partition coefficient (Wildman–Crippen LogP) is 1.21. The van der Waals surface area contributed by atoms with Crippen molar-refractivity contribution < 1.29 is 4.74 Å². The van der Waals surface area contributed by atoms with E-state index >= 15 is 0 Å². The Hall–Kier alpha value is -1.62. The summed E-state index contributed by atoms with van der Waals surface area (Å²) in [4.78, 5) is 14.1. The number of nitrogens with one attached hydrogen (secondary N) is 1. The Balaban J connectivity index is 2.44. The average Bonchev–Trinajstić information content (AvgIpc) is 2.72. The largest absolute Gasteiger partial charge is 0.384 e. The van der Waals surface area contributed by atoms with Crippen molar-refractivity contribution >= 4 is 16.9 Å². The lowest BCUT2D eigenvalue weighted by Crippen LogP contribution is -2.13. The second kappa shape index (κ2) is 4.49. The highest BCUT2D eigenvalue weighted by molar-refractivity contribution is 5.87. The van der Waals surface area contributed by atoms with Gasteiger partial charge in [-0.05, 0) is 6.07 Å². The van der Waals surface area contributed by atoms with E-state index in [2.05, 4.69) is 15.0 Å². The summed E-state index contributed by atoms with van der Waals surface area (Å²) >= 11 is 0. The van der Waals surface area contributed by atoms with Gasteiger partial charge < -0.3 is 14.6 Å². The maximum absolute atomic E-state index is 5.04. The van der Waals surface area contributed by atoms with Crippen LogP contribution in [0.15, 0.2) is 12.3 Å². The van der Waals surface area contributed by atoms with Crippen LogP contribution in [0.3, 0.4) is 0 Å². The highest BCUT2D eigenvalue weighted by Gasteiger charge is 2.09. The van der Waals surface area contributed by atoms with Crippen LogP contribution in [0.25, 0.3) is 11.0 Å². The molecule has 0 bridgehead atoms. The Morgan fingerprint density at radius 1 is 1.38 bits per heavy atom. The van der Waals surface area contributed by atoms with Gasteiger partial charge in [-0.3, -0.25) is 0 Å². The molecular weight excluding hydrogens is 204 g/mol. The number of aromatic nitrogens is 3. The Kier molecular flexibility index (Phi) is 3.05. The minimum absolute atomic E-state index is 0.638. The molecule has 2 rings (SSSR count). The van der Waals surface area contributed by atoms with Crippen LogP contribution in [-0.2, 0) is 11.2 Å². The highest BCUT2D eigenvalue weighted by atomic mass is 16.5. The lowest BCUT2D eigenvalue weighted by Gasteiger charge is -2.13. The molecule has 0 aliphatic heterocycles. The fourth-order valence-corrected chi connectivity index (χ4v) is 1.62. The first-order chi connectivity index (χ1) is 7.72. The first-order valence-corrected chi connectivity index (χ1v) is 5.22. The van der Waals surface area contributed by atoms with Gasteiger partial charge >= 0.3 is 0 Å². The van der Waals surface area contributed by atoms with Gasteiger partial charge in [0.05, 0.1) is 12.0 Å². The third-order valence-corrected chi connectivity index (χ3v) is 2.40. The Morgan fingerprint density at radius 3 is 2.88 bits per heavy atom. The smallest absolute Gasteiger partial charge is 0.143 e. The number of nitrogens with zero attached hydrogens (tertiary/aromatic N) is 3. The van der Waals surface area contributed by atoms with Crippen molar-refractivity contribution in [3.05, 3.63) is 18.1 Å². The van der Waals surface area contributed by atoms with Crippen LogP contribution in [0, 0.1) is 0 Å². The topological polar surface area (TPSA) is 54.0 Å². The van der Waals surface area contributed by atoms with E-state index < -0.39 is 0 Å². The van der Waals surface area contributed by atoms with Crippen LogP contribution >= 0.6 is 0 Å². The molecule has 0 aromatic carbocycles. The molecule has 86 valence electrons. The van der Waals surface area contributed by atoms with E-state index in [0.29, 0.717) is 6.61 Å². The first-order valence-electron chi connectivity index (χ1n) is 5.22. The zero-order valence-corrected chi connectivity index (χ0v) is 9.82. The lowest BCUT2D eigenvalue weighted by atomic mass is 10.3. The van der Waals surface area contributed by atoms with E-state index in [-0.39, 0.29) is 0 Å². The summed E-state index contributed by atoms with van der Waals surface area (Å²) in [6, 6.07) is 1.99. The Labute approximate surface area is 94.5 Å². The maximum Gasteiger partial charge on any atom is 0.143 e. The van der Waals surface area contributed by atoms with E-state index in [4.69, 9.17) is 4.74 Å². The fourth-order valence-electron chi connectivity index (χ4n) is 1.62. The van der Waals surface area contributed by atoms with Crippen molar-refractivity contribution in [1.29, 1.82) is 0 Å². The summed E-state index contributed by atoms with van der Waals surface area (Å²) in [5.41, 5.74) is 0.879. The average molecular weight is 220 g/mol. The molecule has 0 saturated heterocycles. The third-order valence-electron chi connectivity index (χ3n) is 2.40. The third kappa shape index (κ3) is 1.99. The van der Waals surface area contributed by atoms with E-state index in [1.165, 1.54) is 0 Å². The predicted molar refractivity (Wildman–Crippen MR) is 63.8 cm³/mol. The van der Waals surface area contributed by atoms with Crippen molar-refractivity contribution in [3.63, 3.8) is 0 Å². The van der Waals surface area contributed by atoms with Gasteiger partial charge in [-0.2, -0.15) is 0 Å². The molecule has 0 unspecified atom stereocenters. The number of H-pyrrole nitrogens is 1. The molecule has 0 aliphatic carbocycles. The quantitative estimate of drug-likeness (QED) is 0.841.